The van der Waals surface area contributed by atoms with Crippen molar-refractivity contribution in [3.8, 4) is 5.88 Å². The number of halogens is 3. The summed E-state index contributed by atoms with van der Waals surface area (Å²) in [5.74, 6) is -0.144. The summed E-state index contributed by atoms with van der Waals surface area (Å²) >= 11 is 17.9. The van der Waals surface area contributed by atoms with E-state index in [0.29, 0.717) is 10.7 Å². The van der Waals surface area contributed by atoms with Crippen molar-refractivity contribution in [2.24, 2.45) is 12.5 Å². The normalized spacial score (nSPS) is 11.5. The summed E-state index contributed by atoms with van der Waals surface area (Å²) in [5.41, 5.74) is 0.291. The molecule has 8 heteroatoms. The summed E-state index contributed by atoms with van der Waals surface area (Å²) in [5, 5.41) is 4.89. The Morgan fingerprint density at radius 2 is 1.92 bits per heavy atom. The Hall–Kier alpha value is -1.56. The first-order valence-electron chi connectivity index (χ1n) is 7.84. The maximum absolute atomic E-state index is 13.0. The Balaban J connectivity index is 2.36. The SMILES string of the molecule is Cc1nn(C)c(OCC(=O)C(C)(C)CCl)c1C(=O)c1ccc(Cl)cc1Cl. The van der Waals surface area contributed by atoms with Crippen molar-refractivity contribution in [2.75, 3.05) is 12.5 Å². The number of hydrogen-bond donors (Lipinski definition) is 0. The molecular formula is C18H19Cl3N2O3. The monoisotopic (exact) mass is 416 g/mol. The van der Waals surface area contributed by atoms with Crippen LogP contribution in [0.3, 0.4) is 0 Å². The third-order valence-electron chi connectivity index (χ3n) is 4.00. The zero-order valence-electron chi connectivity index (χ0n) is 14.9. The molecule has 0 aliphatic rings. The summed E-state index contributed by atoms with van der Waals surface area (Å²) in [6.07, 6.45) is 0. The molecular weight excluding hydrogens is 399 g/mol. The number of aromatic nitrogens is 2. The van der Waals surface area contributed by atoms with Crippen LogP contribution in [-0.4, -0.2) is 33.8 Å². The minimum atomic E-state index is -0.723. The minimum absolute atomic E-state index is 0.172. The third kappa shape index (κ3) is 4.22. The van der Waals surface area contributed by atoms with Crippen molar-refractivity contribution < 1.29 is 14.3 Å². The van der Waals surface area contributed by atoms with E-state index in [-0.39, 0.29) is 46.1 Å². The van der Waals surface area contributed by atoms with Gasteiger partial charge in [-0.1, -0.05) is 37.0 Å². The lowest BCUT2D eigenvalue weighted by Gasteiger charge is -2.19. The first-order valence-corrected chi connectivity index (χ1v) is 9.13. The van der Waals surface area contributed by atoms with Crippen LogP contribution in [0.25, 0.3) is 0 Å². The Bertz CT molecular complexity index is 860. The molecule has 0 aliphatic heterocycles. The fraction of sp³-hybridized carbons (Fsp3) is 0.389. The highest BCUT2D eigenvalue weighted by Crippen LogP contribution is 2.29. The number of carbonyl (C=O) groups is 2. The van der Waals surface area contributed by atoms with Crippen LogP contribution >= 0.6 is 34.8 Å². The van der Waals surface area contributed by atoms with Gasteiger partial charge in [-0.05, 0) is 25.1 Å². The molecule has 1 aromatic heterocycles. The third-order valence-corrected chi connectivity index (χ3v) is 5.22. The van der Waals surface area contributed by atoms with E-state index in [0.717, 1.165) is 0 Å². The summed E-state index contributed by atoms with van der Waals surface area (Å²) in [6, 6.07) is 4.62. The van der Waals surface area contributed by atoms with Crippen LogP contribution in [0.2, 0.25) is 10.0 Å². The average Bonchev–Trinajstić information content (AvgIpc) is 2.85. The molecule has 0 aliphatic carbocycles. The highest BCUT2D eigenvalue weighted by molar-refractivity contribution is 6.37. The Morgan fingerprint density at radius 1 is 1.27 bits per heavy atom. The highest BCUT2D eigenvalue weighted by atomic mass is 35.5. The molecule has 5 nitrogen and oxygen atoms in total. The van der Waals surface area contributed by atoms with Gasteiger partial charge in [0.05, 0.1) is 10.7 Å². The second-order valence-electron chi connectivity index (χ2n) is 6.57. The van der Waals surface area contributed by atoms with E-state index in [1.165, 1.54) is 10.7 Å². The van der Waals surface area contributed by atoms with E-state index in [4.69, 9.17) is 39.5 Å². The average molecular weight is 418 g/mol. The number of Topliss-reactive ketones (excluding diaryl/α,β-unsaturated/α-hetero) is 1. The van der Waals surface area contributed by atoms with Gasteiger partial charge in [0.1, 0.15) is 12.2 Å². The summed E-state index contributed by atoms with van der Waals surface area (Å²) in [6.45, 7) is 4.95. The van der Waals surface area contributed by atoms with Crippen molar-refractivity contribution >= 4 is 46.4 Å². The van der Waals surface area contributed by atoms with E-state index in [9.17, 15) is 9.59 Å². The van der Waals surface area contributed by atoms with Gasteiger partial charge in [0, 0.05) is 28.9 Å². The number of nitrogens with zero attached hydrogens (tertiary/aromatic N) is 2. The molecule has 0 saturated heterocycles. The summed E-state index contributed by atoms with van der Waals surface area (Å²) in [7, 11) is 1.64. The Labute approximate surface area is 167 Å². The molecule has 0 spiro atoms. The van der Waals surface area contributed by atoms with E-state index < -0.39 is 5.41 Å². The van der Waals surface area contributed by atoms with Crippen molar-refractivity contribution in [1.82, 2.24) is 9.78 Å². The molecule has 2 rings (SSSR count). The molecule has 0 unspecified atom stereocenters. The lowest BCUT2D eigenvalue weighted by atomic mass is 9.91. The number of benzene rings is 1. The zero-order valence-corrected chi connectivity index (χ0v) is 17.2. The zero-order chi connectivity index (χ0) is 19.6. The second kappa shape index (κ2) is 7.99. The molecule has 0 amide bonds. The first-order chi connectivity index (χ1) is 12.1. The highest BCUT2D eigenvalue weighted by Gasteiger charge is 2.29. The van der Waals surface area contributed by atoms with Crippen LogP contribution in [0.5, 0.6) is 5.88 Å². The summed E-state index contributed by atoms with van der Waals surface area (Å²) in [4.78, 5) is 25.2. The molecule has 140 valence electrons. The molecule has 2 aromatic rings. The van der Waals surface area contributed by atoms with Gasteiger partial charge in [-0.15, -0.1) is 11.6 Å². The second-order valence-corrected chi connectivity index (χ2v) is 7.68. The predicted octanol–water partition coefficient (Wildman–Crippen LogP) is 4.48. The van der Waals surface area contributed by atoms with Gasteiger partial charge in [-0.25, -0.2) is 4.68 Å². The van der Waals surface area contributed by atoms with Crippen molar-refractivity contribution in [2.45, 2.75) is 20.8 Å². The van der Waals surface area contributed by atoms with Crippen LogP contribution in [0.1, 0.15) is 35.5 Å². The molecule has 26 heavy (non-hydrogen) atoms. The summed E-state index contributed by atoms with van der Waals surface area (Å²) < 4.78 is 7.07. The van der Waals surface area contributed by atoms with Crippen LogP contribution in [0.4, 0.5) is 0 Å². The van der Waals surface area contributed by atoms with Gasteiger partial charge < -0.3 is 4.74 Å². The van der Waals surface area contributed by atoms with Crippen molar-refractivity contribution in [1.29, 1.82) is 0 Å². The van der Waals surface area contributed by atoms with E-state index in [1.807, 2.05) is 0 Å². The van der Waals surface area contributed by atoms with Crippen LogP contribution in [-0.2, 0) is 11.8 Å². The van der Waals surface area contributed by atoms with E-state index in [2.05, 4.69) is 5.10 Å². The molecule has 1 heterocycles. The smallest absolute Gasteiger partial charge is 0.223 e. The van der Waals surface area contributed by atoms with Crippen molar-refractivity contribution in [3.05, 3.63) is 45.1 Å². The number of aryl methyl sites for hydroxylation is 2. The topological polar surface area (TPSA) is 61.2 Å². The van der Waals surface area contributed by atoms with Gasteiger partial charge in [-0.2, -0.15) is 5.10 Å². The van der Waals surface area contributed by atoms with Crippen LogP contribution in [0.15, 0.2) is 18.2 Å². The fourth-order valence-corrected chi connectivity index (χ4v) is 2.92. The van der Waals surface area contributed by atoms with Gasteiger partial charge in [0.2, 0.25) is 11.7 Å². The number of rotatable bonds is 7. The Kier molecular flexibility index (Phi) is 6.37. The van der Waals surface area contributed by atoms with Crippen molar-refractivity contribution in [3.63, 3.8) is 0 Å². The van der Waals surface area contributed by atoms with E-state index in [1.54, 1.807) is 40.0 Å². The molecule has 0 bridgehead atoms. The first kappa shape index (κ1) is 20.7. The lowest BCUT2D eigenvalue weighted by molar-refractivity contribution is -0.128. The molecule has 0 fully saturated rings. The number of ketones is 2. The van der Waals surface area contributed by atoms with Crippen LogP contribution in [0, 0.1) is 12.3 Å². The number of hydrogen-bond acceptors (Lipinski definition) is 4. The lowest BCUT2D eigenvalue weighted by Crippen LogP contribution is -2.31. The molecule has 0 saturated carbocycles. The molecule has 0 atom stereocenters. The largest absolute Gasteiger partial charge is 0.469 e. The molecule has 0 N–H and O–H groups in total. The van der Waals surface area contributed by atoms with E-state index >= 15 is 0 Å². The van der Waals surface area contributed by atoms with Gasteiger partial charge in [0.15, 0.2) is 5.78 Å². The fourth-order valence-electron chi connectivity index (χ4n) is 2.28. The number of ether oxygens (including phenoxy) is 1. The standard InChI is InChI=1S/C18H19Cl3N2O3/c1-10-15(16(25)12-6-5-11(20)7-13(12)21)17(23(4)22-10)26-8-14(24)18(2,3)9-19/h5-7H,8-9H2,1-4H3. The maximum atomic E-state index is 13.0. The van der Waals surface area contributed by atoms with Gasteiger partial charge in [0.25, 0.3) is 0 Å². The molecule has 0 radical (unpaired) electrons. The minimum Gasteiger partial charge on any atom is -0.469 e. The van der Waals surface area contributed by atoms with Gasteiger partial charge >= 0.3 is 0 Å². The van der Waals surface area contributed by atoms with Gasteiger partial charge in [-0.3, -0.25) is 9.59 Å². The Morgan fingerprint density at radius 3 is 2.50 bits per heavy atom. The number of carbonyl (C=O) groups excluding carboxylic acids is 2. The van der Waals surface area contributed by atoms with Crippen LogP contribution < -0.4 is 4.74 Å². The molecule has 1 aromatic carbocycles. The predicted molar refractivity (Wildman–Crippen MR) is 103 cm³/mol. The quantitative estimate of drug-likeness (QED) is 0.492. The number of alkyl halides is 1. The maximum Gasteiger partial charge on any atom is 0.223 e.